The molecule has 0 spiro atoms. The van der Waals surface area contributed by atoms with Gasteiger partial charge in [0.25, 0.3) is 0 Å². The minimum atomic E-state index is -2.38. The van der Waals surface area contributed by atoms with Crippen LogP contribution in [0.3, 0.4) is 0 Å². The quantitative estimate of drug-likeness (QED) is 0.111. The first-order chi connectivity index (χ1) is 11.8. The molecule has 0 saturated heterocycles. The molecule has 0 amide bonds. The predicted molar refractivity (Wildman–Crippen MR) is 106 cm³/mol. The Balaban J connectivity index is 2.95. The second kappa shape index (κ2) is 21.7. The molecular weight excluding hydrogens is 343 g/mol. The molecule has 0 aromatic rings. The van der Waals surface area contributed by atoms with Crippen molar-refractivity contribution in [2.45, 2.75) is 96.8 Å². The maximum atomic E-state index is 8.46. The summed E-state index contributed by atoms with van der Waals surface area (Å²) < 4.78 is 4.23. The van der Waals surface area contributed by atoms with Crippen molar-refractivity contribution in [3.63, 3.8) is 0 Å². The Morgan fingerprint density at radius 1 is 0.667 bits per heavy atom. The number of thioether (sulfide) groups is 1. The third-order valence-corrected chi connectivity index (χ3v) is 5.34. The largest absolute Gasteiger partial charge is 0.357 e. The van der Waals surface area contributed by atoms with Gasteiger partial charge in [0.2, 0.25) is 0 Å². The van der Waals surface area contributed by atoms with Crippen molar-refractivity contribution in [3.05, 3.63) is 0 Å². The second-order valence-corrected chi connectivity index (χ2v) is 8.24. The molecule has 0 fully saturated rings. The molecular formula is C18H39O4PS. The molecule has 0 radical (unpaired) electrons. The first-order valence-corrected chi connectivity index (χ1v) is 12.1. The van der Waals surface area contributed by atoms with Crippen LogP contribution in [0.25, 0.3) is 0 Å². The van der Waals surface area contributed by atoms with Crippen LogP contribution in [0.15, 0.2) is 0 Å². The molecule has 0 heterocycles. The summed E-state index contributed by atoms with van der Waals surface area (Å²) in [5, 5.41) is 0. The predicted octanol–water partition coefficient (Wildman–Crippen LogP) is 6.36. The van der Waals surface area contributed by atoms with E-state index in [0.29, 0.717) is 6.61 Å². The average Bonchev–Trinajstić information content (AvgIpc) is 2.56. The minimum absolute atomic E-state index is 0.406. The zero-order valence-electron chi connectivity index (χ0n) is 15.6. The van der Waals surface area contributed by atoms with E-state index >= 15 is 0 Å². The Morgan fingerprint density at radius 2 is 1.12 bits per heavy atom. The standard InChI is InChI=1S/C18H39O4PS/c1-2-3-4-5-6-7-8-9-10-11-12-13-14-15-17-24-18-16-21-22-23(19)20/h19-20H,2-18H2,1H3. The smallest absolute Gasteiger partial charge is 0.327 e. The lowest BCUT2D eigenvalue weighted by Gasteiger charge is -2.04. The minimum Gasteiger partial charge on any atom is -0.327 e. The van der Waals surface area contributed by atoms with E-state index in [0.717, 1.165) is 11.5 Å². The number of rotatable bonds is 20. The number of hydrogen-bond donors (Lipinski definition) is 2. The Morgan fingerprint density at radius 3 is 1.58 bits per heavy atom. The van der Waals surface area contributed by atoms with Gasteiger partial charge in [-0.3, -0.25) is 0 Å². The van der Waals surface area contributed by atoms with E-state index in [1.807, 2.05) is 11.8 Å². The lowest BCUT2D eigenvalue weighted by Crippen LogP contribution is -1.96. The Hall–Kier alpha value is 0.620. The maximum Gasteiger partial charge on any atom is 0.357 e. The van der Waals surface area contributed by atoms with Crippen molar-refractivity contribution in [2.75, 3.05) is 18.1 Å². The molecule has 146 valence electrons. The molecule has 0 unspecified atom stereocenters. The van der Waals surface area contributed by atoms with E-state index in [4.69, 9.17) is 9.79 Å². The van der Waals surface area contributed by atoms with Gasteiger partial charge in [-0.05, 0) is 12.2 Å². The average molecular weight is 383 g/mol. The molecule has 6 heteroatoms. The summed E-state index contributed by atoms with van der Waals surface area (Å²) >= 11 is 1.83. The number of unbranched alkanes of at least 4 members (excludes halogenated alkanes) is 13. The first-order valence-electron chi connectivity index (χ1n) is 9.82. The van der Waals surface area contributed by atoms with Gasteiger partial charge in [0.05, 0.1) is 6.61 Å². The van der Waals surface area contributed by atoms with Crippen molar-refractivity contribution in [3.8, 4) is 0 Å². The molecule has 0 rings (SSSR count). The molecule has 0 aromatic carbocycles. The van der Waals surface area contributed by atoms with Crippen LogP contribution in [0.1, 0.15) is 96.8 Å². The van der Waals surface area contributed by atoms with Gasteiger partial charge in [-0.25, -0.2) is 4.89 Å². The molecule has 0 saturated carbocycles. The summed E-state index contributed by atoms with van der Waals surface area (Å²) in [5.74, 6) is 1.98. The van der Waals surface area contributed by atoms with Crippen LogP contribution in [0.5, 0.6) is 0 Å². The van der Waals surface area contributed by atoms with Crippen LogP contribution in [-0.4, -0.2) is 27.9 Å². The Labute approximate surface area is 155 Å². The van der Waals surface area contributed by atoms with Crippen LogP contribution >= 0.6 is 20.4 Å². The third kappa shape index (κ3) is 22.6. The molecule has 0 aliphatic carbocycles. The van der Waals surface area contributed by atoms with Crippen LogP contribution in [0, 0.1) is 0 Å². The van der Waals surface area contributed by atoms with Gasteiger partial charge in [-0.1, -0.05) is 90.4 Å². The topological polar surface area (TPSA) is 58.9 Å². The van der Waals surface area contributed by atoms with Gasteiger partial charge in [0, 0.05) is 5.75 Å². The summed E-state index contributed by atoms with van der Waals surface area (Å²) in [7, 11) is -2.38. The highest BCUT2D eigenvalue weighted by atomic mass is 32.2. The van der Waals surface area contributed by atoms with Crippen LogP contribution < -0.4 is 0 Å². The fourth-order valence-electron chi connectivity index (χ4n) is 2.68. The third-order valence-electron chi connectivity index (χ3n) is 4.07. The van der Waals surface area contributed by atoms with E-state index in [9.17, 15) is 0 Å². The summed E-state index contributed by atoms with van der Waals surface area (Å²) in [6.45, 7) is 2.68. The molecule has 4 nitrogen and oxygen atoms in total. The molecule has 24 heavy (non-hydrogen) atoms. The van der Waals surface area contributed by atoms with Gasteiger partial charge in [0.1, 0.15) is 0 Å². The van der Waals surface area contributed by atoms with E-state index in [-0.39, 0.29) is 0 Å². The lowest BCUT2D eigenvalue weighted by molar-refractivity contribution is -0.207. The summed E-state index contributed by atoms with van der Waals surface area (Å²) in [5.41, 5.74) is 0. The molecule has 0 aromatic heterocycles. The lowest BCUT2D eigenvalue weighted by atomic mass is 10.0. The van der Waals surface area contributed by atoms with Gasteiger partial charge in [-0.2, -0.15) is 16.4 Å². The molecule has 0 aliphatic rings. The second-order valence-electron chi connectivity index (χ2n) is 6.36. The van der Waals surface area contributed by atoms with Crippen LogP contribution in [-0.2, 0) is 9.56 Å². The van der Waals surface area contributed by atoms with E-state index in [2.05, 4.69) is 16.5 Å². The van der Waals surface area contributed by atoms with Gasteiger partial charge in [-0.15, -0.1) is 0 Å². The summed E-state index contributed by atoms with van der Waals surface area (Å²) in [4.78, 5) is 21.6. The zero-order chi connectivity index (χ0) is 17.7. The van der Waals surface area contributed by atoms with E-state index in [1.165, 1.54) is 89.9 Å². The van der Waals surface area contributed by atoms with Gasteiger partial charge >= 0.3 is 8.60 Å². The first kappa shape index (κ1) is 24.6. The van der Waals surface area contributed by atoms with Gasteiger partial charge in [0.15, 0.2) is 0 Å². The highest BCUT2D eigenvalue weighted by Crippen LogP contribution is 2.24. The molecule has 0 bridgehead atoms. The van der Waals surface area contributed by atoms with Gasteiger partial charge < -0.3 is 9.79 Å². The van der Waals surface area contributed by atoms with Crippen molar-refractivity contribution >= 4 is 20.4 Å². The molecule has 0 aliphatic heterocycles. The highest BCUT2D eigenvalue weighted by Gasteiger charge is 1.99. The maximum absolute atomic E-state index is 8.46. The van der Waals surface area contributed by atoms with Crippen LogP contribution in [0.4, 0.5) is 0 Å². The summed E-state index contributed by atoms with van der Waals surface area (Å²) in [6.07, 6.45) is 19.5. The summed E-state index contributed by atoms with van der Waals surface area (Å²) in [6, 6.07) is 0. The molecule has 0 atom stereocenters. The van der Waals surface area contributed by atoms with E-state index in [1.54, 1.807) is 0 Å². The Kier molecular flexibility index (Phi) is 22.2. The van der Waals surface area contributed by atoms with Crippen molar-refractivity contribution in [1.29, 1.82) is 0 Å². The fourth-order valence-corrected chi connectivity index (χ4v) is 3.65. The van der Waals surface area contributed by atoms with Crippen molar-refractivity contribution < 1.29 is 19.3 Å². The highest BCUT2D eigenvalue weighted by molar-refractivity contribution is 7.99. The van der Waals surface area contributed by atoms with Crippen molar-refractivity contribution in [2.24, 2.45) is 0 Å². The molecule has 2 N–H and O–H groups in total. The fraction of sp³-hybridized carbons (Fsp3) is 1.00. The van der Waals surface area contributed by atoms with Crippen molar-refractivity contribution in [1.82, 2.24) is 0 Å². The number of hydrogen-bond acceptors (Lipinski definition) is 5. The van der Waals surface area contributed by atoms with Crippen LogP contribution in [0.2, 0.25) is 0 Å². The zero-order valence-corrected chi connectivity index (χ0v) is 17.3. The monoisotopic (exact) mass is 382 g/mol. The Bertz CT molecular complexity index is 233. The van der Waals surface area contributed by atoms with E-state index < -0.39 is 8.60 Å². The SMILES string of the molecule is CCCCCCCCCCCCCCCCSCCOOP(O)O. The normalized spacial score (nSPS) is 11.5.